The maximum Gasteiger partial charge on any atom is 0.291 e. The molecule has 0 saturated carbocycles. The number of H-pyrrole nitrogens is 1. The first-order chi connectivity index (χ1) is 5.17. The molecule has 0 fully saturated rings. The minimum Gasteiger partial charge on any atom is -0.396 e. The van der Waals surface area contributed by atoms with E-state index >= 15 is 0 Å². The second-order valence-electron chi connectivity index (χ2n) is 2.15. The highest BCUT2D eigenvalue weighted by molar-refractivity contribution is 5.05. The number of aliphatic hydroxyl groups excluding tert-OH is 1. The highest BCUT2D eigenvalue weighted by Crippen LogP contribution is 2.28. The van der Waals surface area contributed by atoms with Gasteiger partial charge in [0.05, 0.1) is 0 Å². The number of halogens is 2. The van der Waals surface area contributed by atoms with Gasteiger partial charge in [-0.15, -0.1) is 0 Å². The molecule has 62 valence electrons. The van der Waals surface area contributed by atoms with E-state index in [-0.39, 0.29) is 5.69 Å². The first kappa shape index (κ1) is 8.13. The molecule has 3 nitrogen and oxygen atoms in total. The molecular weight excluding hydrogens is 154 g/mol. The number of rotatable bonds is 3. The van der Waals surface area contributed by atoms with Gasteiger partial charge in [-0.2, -0.15) is 13.9 Å². The van der Waals surface area contributed by atoms with Crippen LogP contribution in [0.2, 0.25) is 0 Å². The van der Waals surface area contributed by atoms with E-state index < -0.39 is 19.0 Å². The summed E-state index contributed by atoms with van der Waals surface area (Å²) in [6.45, 7) is -0.536. The Labute approximate surface area is 62.0 Å². The minimum absolute atomic E-state index is 0.258. The fourth-order valence-corrected chi connectivity index (χ4v) is 0.735. The second-order valence-corrected chi connectivity index (χ2v) is 2.15. The van der Waals surface area contributed by atoms with E-state index in [0.717, 1.165) is 0 Å². The molecule has 1 aromatic rings. The molecule has 1 rings (SSSR count). The van der Waals surface area contributed by atoms with Gasteiger partial charge in [0.15, 0.2) is 0 Å². The Bertz CT molecular complexity index is 210. The van der Waals surface area contributed by atoms with Crippen molar-refractivity contribution in [2.24, 2.45) is 0 Å². The molecule has 0 unspecified atom stereocenters. The van der Waals surface area contributed by atoms with Crippen LogP contribution in [0.4, 0.5) is 8.78 Å². The monoisotopic (exact) mass is 162 g/mol. The van der Waals surface area contributed by atoms with Crippen LogP contribution >= 0.6 is 0 Å². The van der Waals surface area contributed by atoms with Crippen molar-refractivity contribution in [1.82, 2.24) is 10.2 Å². The van der Waals surface area contributed by atoms with Gasteiger partial charge in [-0.05, 0) is 6.07 Å². The summed E-state index contributed by atoms with van der Waals surface area (Å²) >= 11 is 0. The van der Waals surface area contributed by atoms with Gasteiger partial charge in [0, 0.05) is 19.2 Å². The van der Waals surface area contributed by atoms with Gasteiger partial charge < -0.3 is 5.11 Å². The van der Waals surface area contributed by atoms with Crippen LogP contribution in [0, 0.1) is 0 Å². The van der Waals surface area contributed by atoms with Gasteiger partial charge in [0.25, 0.3) is 5.92 Å². The molecule has 0 aliphatic heterocycles. The Balaban J connectivity index is 2.73. The predicted octanol–water partition coefficient (Wildman–Crippen LogP) is 0.884. The van der Waals surface area contributed by atoms with Crippen molar-refractivity contribution in [2.75, 3.05) is 6.61 Å². The number of alkyl halides is 2. The summed E-state index contributed by atoms with van der Waals surface area (Å²) in [5.74, 6) is -2.99. The molecule has 11 heavy (non-hydrogen) atoms. The molecule has 0 radical (unpaired) electrons. The van der Waals surface area contributed by atoms with Gasteiger partial charge >= 0.3 is 0 Å². The van der Waals surface area contributed by atoms with Crippen molar-refractivity contribution in [2.45, 2.75) is 12.3 Å². The normalized spacial score (nSPS) is 11.9. The molecule has 0 saturated heterocycles. The number of hydrogen-bond acceptors (Lipinski definition) is 2. The molecule has 0 aliphatic carbocycles. The highest BCUT2D eigenvalue weighted by atomic mass is 19.3. The van der Waals surface area contributed by atoms with Crippen LogP contribution < -0.4 is 0 Å². The van der Waals surface area contributed by atoms with E-state index in [1.54, 1.807) is 0 Å². The zero-order valence-corrected chi connectivity index (χ0v) is 5.72. The number of aromatic nitrogens is 2. The lowest BCUT2D eigenvalue weighted by Crippen LogP contribution is -2.15. The predicted molar refractivity (Wildman–Crippen MR) is 34.2 cm³/mol. The third-order valence-corrected chi connectivity index (χ3v) is 1.32. The van der Waals surface area contributed by atoms with Crippen molar-refractivity contribution in [3.05, 3.63) is 18.0 Å². The van der Waals surface area contributed by atoms with Crippen LogP contribution in [0.15, 0.2) is 12.3 Å². The van der Waals surface area contributed by atoms with Crippen LogP contribution in [0.1, 0.15) is 12.1 Å². The number of aromatic amines is 1. The molecule has 0 amide bonds. The summed E-state index contributed by atoms with van der Waals surface area (Å²) in [6, 6.07) is 1.19. The summed E-state index contributed by atoms with van der Waals surface area (Å²) in [6.07, 6.45) is 0.676. The molecule has 5 heteroatoms. The lowest BCUT2D eigenvalue weighted by molar-refractivity contribution is -0.0310. The summed E-state index contributed by atoms with van der Waals surface area (Å²) in [7, 11) is 0. The topological polar surface area (TPSA) is 48.9 Å². The van der Waals surface area contributed by atoms with Crippen LogP contribution in [0.5, 0.6) is 0 Å². The summed E-state index contributed by atoms with van der Waals surface area (Å²) in [5, 5.41) is 13.8. The molecule has 0 atom stereocenters. The average molecular weight is 162 g/mol. The first-order valence-corrected chi connectivity index (χ1v) is 3.15. The van der Waals surface area contributed by atoms with Crippen molar-refractivity contribution in [3.63, 3.8) is 0 Å². The Kier molecular flexibility index (Phi) is 2.19. The quantitative estimate of drug-likeness (QED) is 0.693. The summed E-state index contributed by atoms with van der Waals surface area (Å²) < 4.78 is 25.5. The SMILES string of the molecule is OCCC(F)(F)c1ccn[nH]1. The van der Waals surface area contributed by atoms with Gasteiger partial charge in [-0.1, -0.05) is 0 Å². The Morgan fingerprint density at radius 2 is 2.36 bits per heavy atom. The maximum atomic E-state index is 12.8. The number of nitrogens with one attached hydrogen (secondary N) is 1. The average Bonchev–Trinajstić information content (AvgIpc) is 2.37. The lowest BCUT2D eigenvalue weighted by atomic mass is 10.2. The van der Waals surface area contributed by atoms with Crippen molar-refractivity contribution in [3.8, 4) is 0 Å². The van der Waals surface area contributed by atoms with Crippen LogP contribution in [0.3, 0.4) is 0 Å². The highest BCUT2D eigenvalue weighted by Gasteiger charge is 2.31. The molecule has 1 aromatic heterocycles. The standard InChI is InChI=1S/C6H8F2N2O/c7-6(8,2-4-11)5-1-3-9-10-5/h1,3,11H,2,4H2,(H,9,10). The van der Waals surface area contributed by atoms with Crippen molar-refractivity contribution < 1.29 is 13.9 Å². The van der Waals surface area contributed by atoms with E-state index in [0.29, 0.717) is 0 Å². The van der Waals surface area contributed by atoms with E-state index in [1.165, 1.54) is 12.3 Å². The van der Waals surface area contributed by atoms with Crippen LogP contribution in [-0.2, 0) is 5.92 Å². The maximum absolute atomic E-state index is 12.8. The number of aliphatic hydroxyl groups is 1. The van der Waals surface area contributed by atoms with E-state index in [4.69, 9.17) is 5.11 Å². The molecule has 2 N–H and O–H groups in total. The molecule has 1 heterocycles. The van der Waals surface area contributed by atoms with E-state index in [2.05, 4.69) is 10.2 Å². The minimum atomic E-state index is -2.99. The zero-order valence-electron chi connectivity index (χ0n) is 5.72. The smallest absolute Gasteiger partial charge is 0.291 e. The third-order valence-electron chi connectivity index (χ3n) is 1.32. The Morgan fingerprint density at radius 3 is 2.82 bits per heavy atom. The Morgan fingerprint density at radius 1 is 1.64 bits per heavy atom. The number of nitrogens with zero attached hydrogens (tertiary/aromatic N) is 1. The first-order valence-electron chi connectivity index (χ1n) is 3.15. The molecule has 0 aliphatic rings. The van der Waals surface area contributed by atoms with E-state index in [9.17, 15) is 8.78 Å². The van der Waals surface area contributed by atoms with Gasteiger partial charge in [-0.3, -0.25) is 5.10 Å². The van der Waals surface area contributed by atoms with E-state index in [1.807, 2.05) is 0 Å². The summed E-state index contributed by atoms with van der Waals surface area (Å²) in [5.41, 5.74) is -0.258. The fraction of sp³-hybridized carbons (Fsp3) is 0.500. The molecular formula is C6H8F2N2O. The molecule has 0 aromatic carbocycles. The van der Waals surface area contributed by atoms with Crippen LogP contribution in [-0.4, -0.2) is 21.9 Å². The van der Waals surface area contributed by atoms with Crippen molar-refractivity contribution in [1.29, 1.82) is 0 Å². The van der Waals surface area contributed by atoms with Crippen LogP contribution in [0.25, 0.3) is 0 Å². The zero-order chi connectivity index (χ0) is 8.32. The van der Waals surface area contributed by atoms with Gasteiger partial charge in [-0.25, -0.2) is 0 Å². The van der Waals surface area contributed by atoms with Gasteiger partial charge in [0.2, 0.25) is 0 Å². The van der Waals surface area contributed by atoms with Gasteiger partial charge in [0.1, 0.15) is 5.69 Å². The molecule has 0 spiro atoms. The second kappa shape index (κ2) is 2.96. The third kappa shape index (κ3) is 1.74. The largest absolute Gasteiger partial charge is 0.396 e. The number of hydrogen-bond donors (Lipinski definition) is 2. The Hall–Kier alpha value is -0.970. The van der Waals surface area contributed by atoms with Crippen molar-refractivity contribution >= 4 is 0 Å². The summed E-state index contributed by atoms with van der Waals surface area (Å²) in [4.78, 5) is 0. The molecule has 0 bridgehead atoms. The fourth-order valence-electron chi connectivity index (χ4n) is 0.735. The lowest BCUT2D eigenvalue weighted by Gasteiger charge is -2.11.